The molecule has 0 radical (unpaired) electrons. The van der Waals surface area contributed by atoms with Gasteiger partial charge in [0.2, 0.25) is 10.0 Å². The fourth-order valence-electron chi connectivity index (χ4n) is 2.63. The molecule has 0 fully saturated rings. The van der Waals surface area contributed by atoms with Gasteiger partial charge in [-0.25, -0.2) is 21.6 Å². The van der Waals surface area contributed by atoms with Crippen LogP contribution < -0.4 is 4.72 Å². The minimum Gasteiger partial charge on any atom is -0.264 e. The Bertz CT molecular complexity index is 1140. The first-order valence-electron chi connectivity index (χ1n) is 8.25. The predicted octanol–water partition coefficient (Wildman–Crippen LogP) is 3.23. The smallest absolute Gasteiger partial charge is 0.240 e. The van der Waals surface area contributed by atoms with Gasteiger partial charge in [0.05, 0.1) is 9.79 Å². The fourth-order valence-corrected chi connectivity index (χ4v) is 5.57. The van der Waals surface area contributed by atoms with E-state index in [0.717, 1.165) is 0 Å². The van der Waals surface area contributed by atoms with Crippen LogP contribution in [0.4, 0.5) is 0 Å². The molecule has 1 atom stereocenters. The van der Waals surface area contributed by atoms with Crippen molar-refractivity contribution in [1.82, 2.24) is 9.71 Å². The Morgan fingerprint density at radius 2 is 1.54 bits per heavy atom. The number of halogens is 1. The van der Waals surface area contributed by atoms with E-state index in [-0.39, 0.29) is 16.3 Å². The van der Waals surface area contributed by atoms with Crippen LogP contribution in [0.5, 0.6) is 0 Å². The van der Waals surface area contributed by atoms with E-state index >= 15 is 0 Å². The summed E-state index contributed by atoms with van der Waals surface area (Å²) in [6.07, 6.45) is 2.94. The predicted molar refractivity (Wildman–Crippen MR) is 107 cm³/mol. The molecule has 28 heavy (non-hydrogen) atoms. The Morgan fingerprint density at radius 3 is 2.14 bits per heavy atom. The van der Waals surface area contributed by atoms with E-state index in [1.165, 1.54) is 48.8 Å². The summed E-state index contributed by atoms with van der Waals surface area (Å²) in [5.74, 6) is 0. The van der Waals surface area contributed by atoms with E-state index in [1.54, 1.807) is 30.3 Å². The summed E-state index contributed by atoms with van der Waals surface area (Å²) in [6, 6.07) is 16.7. The number of nitrogens with one attached hydrogen (secondary N) is 1. The molecule has 0 saturated heterocycles. The standard InChI is InChI=1S/C19H17ClN2O4S2/c20-16-8-10-18(11-9-16)28(25,26)22-14-19(15-5-4-12-21-13-15)27(23,24)17-6-2-1-3-7-17/h1-13,19,22H,14H2/t19-/m0/s1. The van der Waals surface area contributed by atoms with Crippen molar-refractivity contribution in [1.29, 1.82) is 0 Å². The van der Waals surface area contributed by atoms with Crippen molar-refractivity contribution in [3.63, 3.8) is 0 Å². The van der Waals surface area contributed by atoms with Gasteiger partial charge in [0.25, 0.3) is 0 Å². The van der Waals surface area contributed by atoms with Gasteiger partial charge in [-0.1, -0.05) is 35.9 Å². The molecule has 0 aliphatic rings. The molecule has 3 aromatic rings. The van der Waals surface area contributed by atoms with Crippen LogP contribution in [0.3, 0.4) is 0 Å². The van der Waals surface area contributed by atoms with Crippen LogP contribution in [-0.2, 0) is 19.9 Å². The van der Waals surface area contributed by atoms with Crippen molar-refractivity contribution in [2.75, 3.05) is 6.54 Å². The first-order chi connectivity index (χ1) is 13.3. The Labute approximate surface area is 169 Å². The number of aromatic nitrogens is 1. The van der Waals surface area contributed by atoms with Gasteiger partial charge >= 0.3 is 0 Å². The van der Waals surface area contributed by atoms with Gasteiger partial charge in [-0.3, -0.25) is 4.98 Å². The molecule has 0 saturated carbocycles. The number of nitrogens with zero attached hydrogens (tertiary/aromatic N) is 1. The van der Waals surface area contributed by atoms with Gasteiger partial charge in [0.1, 0.15) is 5.25 Å². The average Bonchev–Trinajstić information content (AvgIpc) is 2.70. The van der Waals surface area contributed by atoms with Gasteiger partial charge in [-0.2, -0.15) is 0 Å². The number of sulfonamides is 1. The lowest BCUT2D eigenvalue weighted by Gasteiger charge is -2.19. The molecule has 0 amide bonds. The third-order valence-electron chi connectivity index (χ3n) is 4.09. The molecule has 3 rings (SSSR count). The van der Waals surface area contributed by atoms with Crippen molar-refractivity contribution < 1.29 is 16.8 Å². The summed E-state index contributed by atoms with van der Waals surface area (Å²) < 4.78 is 53.8. The summed E-state index contributed by atoms with van der Waals surface area (Å²) in [7, 11) is -7.77. The number of sulfone groups is 1. The summed E-state index contributed by atoms with van der Waals surface area (Å²) >= 11 is 5.80. The number of hydrogen-bond acceptors (Lipinski definition) is 5. The second-order valence-corrected chi connectivity index (χ2v) is 10.3. The first-order valence-corrected chi connectivity index (χ1v) is 11.7. The van der Waals surface area contributed by atoms with E-state index in [1.807, 2.05) is 0 Å². The summed E-state index contributed by atoms with van der Waals surface area (Å²) in [6.45, 7) is -0.339. The zero-order valence-corrected chi connectivity index (χ0v) is 17.0. The monoisotopic (exact) mass is 436 g/mol. The Hall–Kier alpha value is -2.26. The number of benzene rings is 2. The van der Waals surface area contributed by atoms with Crippen LogP contribution in [0.1, 0.15) is 10.8 Å². The SMILES string of the molecule is O=S(=O)(NC[C@@H](c1cccnc1)S(=O)(=O)c1ccccc1)c1ccc(Cl)cc1. The van der Waals surface area contributed by atoms with E-state index < -0.39 is 25.1 Å². The molecular weight excluding hydrogens is 420 g/mol. The molecule has 2 aromatic carbocycles. The summed E-state index contributed by atoms with van der Waals surface area (Å²) in [4.78, 5) is 4.07. The zero-order chi connectivity index (χ0) is 20.2. The average molecular weight is 437 g/mol. The molecule has 0 bridgehead atoms. The molecule has 6 nitrogen and oxygen atoms in total. The number of hydrogen-bond donors (Lipinski definition) is 1. The highest BCUT2D eigenvalue weighted by Gasteiger charge is 2.31. The normalized spacial score (nSPS) is 13.2. The van der Waals surface area contributed by atoms with E-state index in [9.17, 15) is 16.8 Å². The van der Waals surface area contributed by atoms with Crippen molar-refractivity contribution in [3.8, 4) is 0 Å². The molecular formula is C19H17ClN2O4S2. The third-order valence-corrected chi connectivity index (χ3v) is 7.89. The largest absolute Gasteiger partial charge is 0.264 e. The molecule has 1 heterocycles. The maximum atomic E-state index is 13.2. The molecule has 0 spiro atoms. The highest BCUT2D eigenvalue weighted by molar-refractivity contribution is 7.92. The lowest BCUT2D eigenvalue weighted by atomic mass is 10.2. The van der Waals surface area contributed by atoms with Crippen LogP contribution >= 0.6 is 11.6 Å². The van der Waals surface area contributed by atoms with Gasteiger partial charge in [0, 0.05) is 24.0 Å². The topological polar surface area (TPSA) is 93.2 Å². The molecule has 1 N–H and O–H groups in total. The maximum absolute atomic E-state index is 13.2. The third kappa shape index (κ3) is 4.59. The van der Waals surface area contributed by atoms with Crippen LogP contribution in [-0.4, -0.2) is 28.4 Å². The lowest BCUT2D eigenvalue weighted by molar-refractivity contribution is 0.568. The molecule has 146 valence electrons. The van der Waals surface area contributed by atoms with E-state index in [2.05, 4.69) is 9.71 Å². The maximum Gasteiger partial charge on any atom is 0.240 e. The lowest BCUT2D eigenvalue weighted by Crippen LogP contribution is -2.32. The van der Waals surface area contributed by atoms with Gasteiger partial charge < -0.3 is 0 Å². The van der Waals surface area contributed by atoms with Crippen molar-refractivity contribution in [2.24, 2.45) is 0 Å². The Kier molecular flexibility index (Phi) is 6.14. The van der Waals surface area contributed by atoms with Gasteiger partial charge in [0.15, 0.2) is 9.84 Å². The van der Waals surface area contributed by atoms with Crippen LogP contribution in [0.25, 0.3) is 0 Å². The Morgan fingerprint density at radius 1 is 0.857 bits per heavy atom. The van der Waals surface area contributed by atoms with E-state index in [4.69, 9.17) is 11.6 Å². The first kappa shape index (κ1) is 20.5. The van der Waals surface area contributed by atoms with Crippen LogP contribution in [0.2, 0.25) is 5.02 Å². The molecule has 0 aliphatic carbocycles. The summed E-state index contributed by atoms with van der Waals surface area (Å²) in [5.41, 5.74) is 0.394. The minimum absolute atomic E-state index is 0.000976. The molecule has 1 aromatic heterocycles. The second-order valence-electron chi connectivity index (χ2n) is 5.94. The highest BCUT2D eigenvalue weighted by atomic mass is 35.5. The fraction of sp³-hybridized carbons (Fsp3) is 0.105. The second kappa shape index (κ2) is 8.40. The van der Waals surface area contributed by atoms with Crippen LogP contribution in [0.15, 0.2) is 88.9 Å². The molecule has 0 unspecified atom stereocenters. The highest BCUT2D eigenvalue weighted by Crippen LogP contribution is 2.28. The Balaban J connectivity index is 1.94. The van der Waals surface area contributed by atoms with Gasteiger partial charge in [-0.15, -0.1) is 0 Å². The number of pyridine rings is 1. The number of rotatable bonds is 7. The summed E-state index contributed by atoms with van der Waals surface area (Å²) in [5, 5.41) is -0.732. The van der Waals surface area contributed by atoms with Crippen molar-refractivity contribution in [2.45, 2.75) is 15.0 Å². The zero-order valence-electron chi connectivity index (χ0n) is 14.6. The quantitative estimate of drug-likeness (QED) is 0.613. The van der Waals surface area contributed by atoms with Crippen molar-refractivity contribution >= 4 is 31.5 Å². The minimum atomic E-state index is -3.92. The molecule has 9 heteroatoms. The van der Waals surface area contributed by atoms with Crippen LogP contribution in [0, 0.1) is 0 Å². The molecule has 0 aliphatic heterocycles. The van der Waals surface area contributed by atoms with E-state index in [0.29, 0.717) is 10.6 Å². The van der Waals surface area contributed by atoms with Crippen molar-refractivity contribution in [3.05, 3.63) is 89.7 Å². The van der Waals surface area contributed by atoms with Gasteiger partial charge in [-0.05, 0) is 48.0 Å².